The quantitative estimate of drug-likeness (QED) is 0.699. The van der Waals surface area contributed by atoms with Crippen LogP contribution in [0, 0.1) is 0 Å². The molecular weight excluding hydrogens is 242 g/mol. The van der Waals surface area contributed by atoms with Crippen molar-refractivity contribution in [1.82, 2.24) is 14.6 Å². The zero-order valence-electron chi connectivity index (χ0n) is 8.30. The summed E-state index contributed by atoms with van der Waals surface area (Å²) >= 11 is 7.45. The summed E-state index contributed by atoms with van der Waals surface area (Å²) in [5, 5.41) is 6.25. The molecule has 0 fully saturated rings. The van der Waals surface area contributed by atoms with E-state index >= 15 is 0 Å². The second kappa shape index (κ2) is 3.88. The molecule has 0 bridgehead atoms. The molecule has 80 valence electrons. The van der Waals surface area contributed by atoms with Crippen molar-refractivity contribution in [2.75, 3.05) is 0 Å². The summed E-state index contributed by atoms with van der Waals surface area (Å²) in [6.07, 6.45) is 4.44. The standard InChI is InChI=1S/C11H8ClN3S/c12-9-3-1-8(2-4-9)7-10-14-15-6-5-13-11(15)16-10/h1-6H,7H2. The number of rotatable bonds is 2. The highest BCUT2D eigenvalue weighted by Gasteiger charge is 2.04. The Hall–Kier alpha value is -1.39. The second-order valence-electron chi connectivity index (χ2n) is 3.45. The van der Waals surface area contributed by atoms with Crippen LogP contribution in [0.4, 0.5) is 0 Å². The molecule has 3 rings (SSSR count). The Balaban J connectivity index is 1.89. The van der Waals surface area contributed by atoms with Crippen LogP contribution >= 0.6 is 22.9 Å². The van der Waals surface area contributed by atoms with Crippen LogP contribution in [0.25, 0.3) is 4.96 Å². The molecule has 0 aliphatic heterocycles. The number of nitrogens with zero attached hydrogens (tertiary/aromatic N) is 3. The zero-order chi connectivity index (χ0) is 11.0. The average Bonchev–Trinajstić information content (AvgIpc) is 2.81. The molecule has 0 atom stereocenters. The van der Waals surface area contributed by atoms with E-state index in [1.54, 1.807) is 22.0 Å². The van der Waals surface area contributed by atoms with Gasteiger partial charge in [0.2, 0.25) is 4.96 Å². The molecule has 0 saturated carbocycles. The summed E-state index contributed by atoms with van der Waals surface area (Å²) < 4.78 is 1.80. The van der Waals surface area contributed by atoms with Crippen molar-refractivity contribution >= 4 is 27.9 Å². The number of aromatic nitrogens is 3. The number of fused-ring (bicyclic) bond motifs is 1. The maximum atomic E-state index is 5.83. The molecular formula is C11H8ClN3S. The minimum atomic E-state index is 0.762. The molecule has 0 aliphatic rings. The van der Waals surface area contributed by atoms with E-state index in [0.29, 0.717) is 0 Å². The maximum absolute atomic E-state index is 5.83. The summed E-state index contributed by atoms with van der Waals surface area (Å²) in [6, 6.07) is 7.84. The highest BCUT2D eigenvalue weighted by atomic mass is 35.5. The largest absolute Gasteiger partial charge is 0.226 e. The van der Waals surface area contributed by atoms with Crippen LogP contribution in [0.1, 0.15) is 10.6 Å². The van der Waals surface area contributed by atoms with E-state index in [1.165, 1.54) is 5.56 Å². The van der Waals surface area contributed by atoms with Crippen molar-refractivity contribution < 1.29 is 0 Å². The fourth-order valence-electron chi connectivity index (χ4n) is 1.53. The van der Waals surface area contributed by atoms with Crippen LogP contribution in [-0.2, 0) is 6.42 Å². The molecule has 0 N–H and O–H groups in total. The lowest BCUT2D eigenvalue weighted by molar-refractivity contribution is 0.921. The Kier molecular flexibility index (Phi) is 2.38. The van der Waals surface area contributed by atoms with Crippen molar-refractivity contribution in [3.8, 4) is 0 Å². The first-order chi connectivity index (χ1) is 7.81. The number of hydrogen-bond acceptors (Lipinski definition) is 3. The Labute approximate surface area is 101 Å². The lowest BCUT2D eigenvalue weighted by atomic mass is 10.2. The topological polar surface area (TPSA) is 30.2 Å². The third-order valence-electron chi connectivity index (χ3n) is 2.29. The van der Waals surface area contributed by atoms with Gasteiger partial charge in [-0.05, 0) is 17.7 Å². The zero-order valence-corrected chi connectivity index (χ0v) is 9.87. The Bertz CT molecular complexity index is 583. The van der Waals surface area contributed by atoms with E-state index in [9.17, 15) is 0 Å². The third kappa shape index (κ3) is 1.81. The van der Waals surface area contributed by atoms with E-state index in [0.717, 1.165) is 21.4 Å². The highest BCUT2D eigenvalue weighted by molar-refractivity contribution is 7.16. The van der Waals surface area contributed by atoms with Crippen LogP contribution in [0.15, 0.2) is 36.7 Å². The summed E-state index contributed by atoms with van der Waals surface area (Å²) in [5.74, 6) is 0. The molecule has 1 aromatic carbocycles. The lowest BCUT2D eigenvalue weighted by Gasteiger charge is -1.96. The molecule has 0 radical (unpaired) electrons. The minimum Gasteiger partial charge on any atom is -0.226 e. The van der Waals surface area contributed by atoms with Gasteiger partial charge in [-0.15, -0.1) is 0 Å². The van der Waals surface area contributed by atoms with Crippen LogP contribution in [0.5, 0.6) is 0 Å². The lowest BCUT2D eigenvalue weighted by Crippen LogP contribution is -1.88. The van der Waals surface area contributed by atoms with E-state index in [4.69, 9.17) is 11.6 Å². The first kappa shape index (κ1) is 9.81. The molecule has 2 aromatic heterocycles. The molecule has 16 heavy (non-hydrogen) atoms. The highest BCUT2D eigenvalue weighted by Crippen LogP contribution is 2.17. The molecule has 3 nitrogen and oxygen atoms in total. The van der Waals surface area contributed by atoms with Gasteiger partial charge in [0.1, 0.15) is 5.01 Å². The molecule has 0 unspecified atom stereocenters. The van der Waals surface area contributed by atoms with Crippen molar-refractivity contribution in [2.24, 2.45) is 0 Å². The van der Waals surface area contributed by atoms with Crippen molar-refractivity contribution in [3.63, 3.8) is 0 Å². The average molecular weight is 250 g/mol. The summed E-state index contributed by atoms with van der Waals surface area (Å²) in [7, 11) is 0. The fraction of sp³-hybridized carbons (Fsp3) is 0.0909. The summed E-state index contributed by atoms with van der Waals surface area (Å²) in [6.45, 7) is 0. The monoisotopic (exact) mass is 249 g/mol. The molecule has 5 heteroatoms. The maximum Gasteiger partial charge on any atom is 0.212 e. The van der Waals surface area contributed by atoms with Crippen LogP contribution in [0.2, 0.25) is 5.02 Å². The second-order valence-corrected chi connectivity index (χ2v) is 4.93. The van der Waals surface area contributed by atoms with Gasteiger partial charge in [-0.1, -0.05) is 35.1 Å². The van der Waals surface area contributed by atoms with Crippen LogP contribution < -0.4 is 0 Å². The summed E-state index contributed by atoms with van der Waals surface area (Å²) in [5.41, 5.74) is 1.21. The molecule has 2 heterocycles. The van der Waals surface area contributed by atoms with Gasteiger partial charge in [0.15, 0.2) is 0 Å². The normalized spacial score (nSPS) is 11.1. The van der Waals surface area contributed by atoms with Gasteiger partial charge in [0, 0.05) is 17.6 Å². The first-order valence-electron chi connectivity index (χ1n) is 4.85. The number of imidazole rings is 1. The van der Waals surface area contributed by atoms with Gasteiger partial charge in [-0.3, -0.25) is 0 Å². The summed E-state index contributed by atoms with van der Waals surface area (Å²) in [4.78, 5) is 5.13. The molecule has 0 saturated heterocycles. The van der Waals surface area contributed by atoms with Crippen molar-refractivity contribution in [2.45, 2.75) is 6.42 Å². The third-order valence-corrected chi connectivity index (χ3v) is 3.47. The van der Waals surface area contributed by atoms with Crippen molar-refractivity contribution in [3.05, 3.63) is 52.3 Å². The van der Waals surface area contributed by atoms with Gasteiger partial charge >= 0.3 is 0 Å². The first-order valence-corrected chi connectivity index (χ1v) is 6.04. The van der Waals surface area contributed by atoms with Crippen molar-refractivity contribution in [1.29, 1.82) is 0 Å². The van der Waals surface area contributed by atoms with Gasteiger partial charge in [-0.2, -0.15) is 5.10 Å². The van der Waals surface area contributed by atoms with Crippen LogP contribution in [0.3, 0.4) is 0 Å². The molecule has 0 spiro atoms. The fourth-order valence-corrected chi connectivity index (χ4v) is 2.54. The van der Waals surface area contributed by atoms with E-state index in [2.05, 4.69) is 10.1 Å². The van der Waals surface area contributed by atoms with Gasteiger partial charge < -0.3 is 0 Å². The smallest absolute Gasteiger partial charge is 0.212 e. The number of benzene rings is 1. The Morgan fingerprint density at radius 1 is 1.25 bits per heavy atom. The van der Waals surface area contributed by atoms with E-state index in [1.807, 2.05) is 30.5 Å². The number of halogens is 1. The molecule has 0 aliphatic carbocycles. The Morgan fingerprint density at radius 2 is 2.06 bits per heavy atom. The SMILES string of the molecule is Clc1ccc(Cc2nn3ccnc3s2)cc1. The van der Waals surface area contributed by atoms with Gasteiger partial charge in [0.25, 0.3) is 0 Å². The van der Waals surface area contributed by atoms with Crippen LogP contribution in [-0.4, -0.2) is 14.6 Å². The van der Waals surface area contributed by atoms with E-state index in [-0.39, 0.29) is 0 Å². The van der Waals surface area contributed by atoms with Gasteiger partial charge in [-0.25, -0.2) is 9.50 Å². The predicted molar refractivity (Wildman–Crippen MR) is 65.1 cm³/mol. The van der Waals surface area contributed by atoms with E-state index < -0.39 is 0 Å². The minimum absolute atomic E-state index is 0.762. The molecule has 0 amide bonds. The molecule has 3 aromatic rings. The van der Waals surface area contributed by atoms with Gasteiger partial charge in [0.05, 0.1) is 6.20 Å². The number of hydrogen-bond donors (Lipinski definition) is 0. The predicted octanol–water partition coefficient (Wildman–Crippen LogP) is 3.04. The Morgan fingerprint density at radius 3 is 2.81 bits per heavy atom.